The average Bonchev–Trinajstić information content (AvgIpc) is 2.54. The molecule has 0 aromatic heterocycles. The van der Waals surface area contributed by atoms with E-state index in [2.05, 4.69) is 0 Å². The molecule has 0 aromatic carbocycles. The van der Waals surface area contributed by atoms with Crippen LogP contribution in [0.2, 0.25) is 0 Å². The number of carboxylic acid groups (broad SMARTS) is 1. The Hall–Kier alpha value is -0.900. The summed E-state index contributed by atoms with van der Waals surface area (Å²) in [7, 11) is 0. The van der Waals surface area contributed by atoms with E-state index in [9.17, 15) is 14.7 Å². The maximum absolute atomic E-state index is 11.5. The fourth-order valence-corrected chi connectivity index (χ4v) is 1.81. The third-order valence-corrected chi connectivity index (χ3v) is 2.79. The van der Waals surface area contributed by atoms with Crippen LogP contribution in [0.15, 0.2) is 0 Å². The summed E-state index contributed by atoms with van der Waals surface area (Å²) in [5.41, 5.74) is -1.90. The first kappa shape index (κ1) is 11.2. The number of aliphatic hydroxyl groups is 1. The molecule has 4 nitrogen and oxygen atoms in total. The molecule has 0 aromatic rings. The molecule has 4 heteroatoms. The highest BCUT2D eigenvalue weighted by Crippen LogP contribution is 2.28. The molecule has 0 saturated heterocycles. The summed E-state index contributed by atoms with van der Waals surface area (Å²) in [4.78, 5) is 22.1. The molecule has 1 aliphatic carbocycles. The second-order valence-electron chi connectivity index (χ2n) is 4.20. The highest BCUT2D eigenvalue weighted by atomic mass is 16.4. The summed E-state index contributed by atoms with van der Waals surface area (Å²) in [6.07, 6.45) is 3.48. The van der Waals surface area contributed by atoms with Gasteiger partial charge in [0.25, 0.3) is 0 Å². The van der Waals surface area contributed by atoms with E-state index in [4.69, 9.17) is 5.11 Å². The van der Waals surface area contributed by atoms with Gasteiger partial charge in [-0.05, 0) is 19.8 Å². The Morgan fingerprint density at radius 1 is 1.36 bits per heavy atom. The van der Waals surface area contributed by atoms with Crippen LogP contribution in [0.4, 0.5) is 0 Å². The molecule has 0 heterocycles. The number of carbonyl (C=O) groups is 2. The van der Waals surface area contributed by atoms with Gasteiger partial charge in [0.05, 0.1) is 0 Å². The predicted molar refractivity (Wildman–Crippen MR) is 49.8 cm³/mol. The number of hydrogen-bond acceptors (Lipinski definition) is 3. The van der Waals surface area contributed by atoms with Crippen molar-refractivity contribution in [3.8, 4) is 0 Å². The molecule has 80 valence electrons. The first-order valence-electron chi connectivity index (χ1n) is 4.92. The van der Waals surface area contributed by atoms with E-state index in [1.807, 2.05) is 0 Å². The Morgan fingerprint density at radius 3 is 2.29 bits per heavy atom. The average molecular weight is 200 g/mol. The Labute approximate surface area is 82.9 Å². The molecule has 0 aliphatic heterocycles. The first-order valence-corrected chi connectivity index (χ1v) is 4.92. The van der Waals surface area contributed by atoms with E-state index in [1.54, 1.807) is 0 Å². The van der Waals surface area contributed by atoms with Gasteiger partial charge in [0.2, 0.25) is 0 Å². The van der Waals surface area contributed by atoms with Gasteiger partial charge in [-0.15, -0.1) is 0 Å². The molecule has 1 rings (SSSR count). The summed E-state index contributed by atoms with van der Waals surface area (Å²) in [5.74, 6) is -1.47. The molecule has 1 saturated carbocycles. The second-order valence-corrected chi connectivity index (χ2v) is 4.20. The van der Waals surface area contributed by atoms with Crippen LogP contribution in [0.5, 0.6) is 0 Å². The normalized spacial score (nSPS) is 21.9. The van der Waals surface area contributed by atoms with Crippen molar-refractivity contribution in [3.05, 3.63) is 0 Å². The van der Waals surface area contributed by atoms with Gasteiger partial charge >= 0.3 is 5.97 Å². The number of carbonyl (C=O) groups excluding carboxylic acids is 1. The van der Waals surface area contributed by atoms with Crippen LogP contribution >= 0.6 is 0 Å². The lowest BCUT2D eigenvalue weighted by Gasteiger charge is -2.18. The van der Waals surface area contributed by atoms with Gasteiger partial charge in [-0.3, -0.25) is 4.79 Å². The maximum atomic E-state index is 11.5. The Balaban J connectivity index is 2.51. The van der Waals surface area contributed by atoms with Crippen LogP contribution in [-0.4, -0.2) is 27.6 Å². The van der Waals surface area contributed by atoms with Crippen molar-refractivity contribution >= 4 is 11.8 Å². The van der Waals surface area contributed by atoms with E-state index in [1.165, 1.54) is 6.92 Å². The first-order chi connectivity index (χ1) is 6.43. The zero-order valence-corrected chi connectivity index (χ0v) is 8.32. The predicted octanol–water partition coefficient (Wildman–Crippen LogP) is 0.971. The molecular weight excluding hydrogens is 184 g/mol. The van der Waals surface area contributed by atoms with Crippen LogP contribution in [0.3, 0.4) is 0 Å². The summed E-state index contributed by atoms with van der Waals surface area (Å²) < 4.78 is 0. The fraction of sp³-hybridized carbons (Fsp3) is 0.800. The summed E-state index contributed by atoms with van der Waals surface area (Å²) in [5, 5.41) is 18.0. The minimum atomic E-state index is -1.90. The number of Topliss-reactive ketones (excluding diaryl/α,β-unsaturated/α-hetero) is 1. The quantitative estimate of drug-likeness (QED) is 0.709. The van der Waals surface area contributed by atoms with Crippen molar-refractivity contribution in [2.75, 3.05) is 0 Å². The molecule has 14 heavy (non-hydrogen) atoms. The maximum Gasteiger partial charge on any atom is 0.335 e. The molecule has 2 N–H and O–H groups in total. The van der Waals surface area contributed by atoms with Crippen molar-refractivity contribution < 1.29 is 19.8 Å². The van der Waals surface area contributed by atoms with Crippen molar-refractivity contribution in [3.63, 3.8) is 0 Å². The van der Waals surface area contributed by atoms with E-state index >= 15 is 0 Å². The standard InChI is InChI=1S/C10H16O4/c1-10(14,9(12)13)6-8(11)7-4-2-3-5-7/h7,14H,2-6H2,1H3,(H,12,13). The molecule has 1 fully saturated rings. The Morgan fingerprint density at radius 2 is 1.86 bits per heavy atom. The minimum Gasteiger partial charge on any atom is -0.479 e. The van der Waals surface area contributed by atoms with E-state index in [0.717, 1.165) is 25.7 Å². The minimum absolute atomic E-state index is 0.0270. The fourth-order valence-electron chi connectivity index (χ4n) is 1.81. The van der Waals surface area contributed by atoms with Gasteiger partial charge in [0.15, 0.2) is 5.60 Å². The summed E-state index contributed by atoms with van der Waals surface area (Å²) in [6, 6.07) is 0. The third-order valence-electron chi connectivity index (χ3n) is 2.79. The smallest absolute Gasteiger partial charge is 0.335 e. The van der Waals surface area contributed by atoms with Crippen LogP contribution in [0.25, 0.3) is 0 Å². The molecule has 1 aliphatic rings. The number of ketones is 1. The van der Waals surface area contributed by atoms with Crippen molar-refractivity contribution in [2.45, 2.75) is 44.6 Å². The SMILES string of the molecule is CC(O)(CC(=O)C1CCCC1)C(=O)O. The lowest BCUT2D eigenvalue weighted by atomic mass is 9.91. The van der Waals surface area contributed by atoms with E-state index < -0.39 is 11.6 Å². The molecule has 1 atom stereocenters. The lowest BCUT2D eigenvalue weighted by molar-refractivity contribution is -0.159. The van der Waals surface area contributed by atoms with Gasteiger partial charge in [0, 0.05) is 12.3 Å². The molecule has 0 bridgehead atoms. The van der Waals surface area contributed by atoms with Gasteiger partial charge < -0.3 is 10.2 Å². The number of rotatable bonds is 4. The lowest BCUT2D eigenvalue weighted by Crippen LogP contribution is -2.38. The Kier molecular flexibility index (Phi) is 3.26. The second kappa shape index (κ2) is 4.09. The van der Waals surface area contributed by atoms with Gasteiger partial charge in [-0.1, -0.05) is 12.8 Å². The molecule has 0 spiro atoms. The van der Waals surface area contributed by atoms with Crippen LogP contribution in [0.1, 0.15) is 39.0 Å². The van der Waals surface area contributed by atoms with E-state index in [0.29, 0.717) is 0 Å². The topological polar surface area (TPSA) is 74.6 Å². The zero-order valence-electron chi connectivity index (χ0n) is 8.32. The summed E-state index contributed by atoms with van der Waals surface area (Å²) in [6.45, 7) is 1.17. The molecule has 1 unspecified atom stereocenters. The van der Waals surface area contributed by atoms with Crippen LogP contribution in [-0.2, 0) is 9.59 Å². The van der Waals surface area contributed by atoms with Gasteiger partial charge in [-0.25, -0.2) is 4.79 Å². The van der Waals surface area contributed by atoms with Gasteiger partial charge in [0.1, 0.15) is 5.78 Å². The Bertz CT molecular complexity index is 239. The third kappa shape index (κ3) is 2.54. The zero-order chi connectivity index (χ0) is 10.8. The number of carboxylic acids is 1. The van der Waals surface area contributed by atoms with Crippen LogP contribution < -0.4 is 0 Å². The molecule has 0 amide bonds. The molecule has 0 radical (unpaired) electrons. The van der Waals surface area contributed by atoms with Crippen molar-refractivity contribution in [1.82, 2.24) is 0 Å². The highest BCUT2D eigenvalue weighted by molar-refractivity contribution is 5.88. The summed E-state index contributed by atoms with van der Waals surface area (Å²) >= 11 is 0. The van der Waals surface area contributed by atoms with Gasteiger partial charge in [-0.2, -0.15) is 0 Å². The van der Waals surface area contributed by atoms with Crippen molar-refractivity contribution in [2.24, 2.45) is 5.92 Å². The monoisotopic (exact) mass is 200 g/mol. The highest BCUT2D eigenvalue weighted by Gasteiger charge is 2.35. The largest absolute Gasteiger partial charge is 0.479 e. The van der Waals surface area contributed by atoms with Crippen molar-refractivity contribution in [1.29, 1.82) is 0 Å². The number of aliphatic carboxylic acids is 1. The number of hydrogen-bond donors (Lipinski definition) is 2. The van der Waals surface area contributed by atoms with Crippen LogP contribution in [0, 0.1) is 5.92 Å². The molecular formula is C10H16O4. The van der Waals surface area contributed by atoms with E-state index in [-0.39, 0.29) is 18.1 Å².